The van der Waals surface area contributed by atoms with Gasteiger partial charge in [0.05, 0.1) is 27.6 Å². The number of carboxylic acids is 1. The van der Waals surface area contributed by atoms with E-state index in [-0.39, 0.29) is 29.4 Å². The second-order valence-corrected chi connectivity index (χ2v) is 8.65. The normalized spacial score (nSPS) is 17.6. The molecule has 0 aliphatic heterocycles. The molecule has 3 rings (SSSR count). The molecular weight excluding hydrogens is 493 g/mol. The molecule has 3 N–H and O–H groups in total. The lowest BCUT2D eigenvalue weighted by atomic mass is 9.87. The van der Waals surface area contributed by atoms with Crippen molar-refractivity contribution >= 4 is 41.0 Å². The molecule has 0 radical (unpaired) electrons. The average molecular weight is 515 g/mol. The van der Waals surface area contributed by atoms with Crippen LogP contribution >= 0.6 is 23.2 Å². The number of halogens is 4. The lowest BCUT2D eigenvalue weighted by Gasteiger charge is -2.27. The maximum atomic E-state index is 14.5. The molecule has 2 amide bonds. The molecule has 0 spiro atoms. The van der Waals surface area contributed by atoms with Gasteiger partial charge in [-0.3, -0.25) is 14.4 Å². The van der Waals surface area contributed by atoms with Crippen LogP contribution in [0.25, 0.3) is 0 Å². The summed E-state index contributed by atoms with van der Waals surface area (Å²) in [5.41, 5.74) is -0.226. The van der Waals surface area contributed by atoms with E-state index in [0.29, 0.717) is 30.7 Å². The molecule has 0 saturated heterocycles. The van der Waals surface area contributed by atoms with Gasteiger partial charge in [0.2, 0.25) is 0 Å². The van der Waals surface area contributed by atoms with E-state index in [9.17, 15) is 23.2 Å². The second-order valence-electron chi connectivity index (χ2n) is 7.83. The Labute approximate surface area is 204 Å². The average Bonchev–Trinajstić information content (AvgIpc) is 2.80. The van der Waals surface area contributed by atoms with Gasteiger partial charge in [-0.15, -0.1) is 0 Å². The van der Waals surface area contributed by atoms with E-state index in [1.54, 1.807) is 0 Å². The van der Waals surface area contributed by atoms with E-state index in [1.165, 1.54) is 18.2 Å². The van der Waals surface area contributed by atoms with Gasteiger partial charge in [-0.2, -0.15) is 0 Å². The SMILES string of the molecule is O=C(NCCNC(=O)c1cc(F)c(OC2CCC(C(=O)O)CC2)cc1F)c1ccc(Cl)c(Cl)c1. The van der Waals surface area contributed by atoms with Crippen LogP contribution in [-0.2, 0) is 4.79 Å². The Kier molecular flexibility index (Phi) is 8.68. The van der Waals surface area contributed by atoms with E-state index in [4.69, 9.17) is 33.0 Å². The van der Waals surface area contributed by atoms with Crippen LogP contribution in [0.15, 0.2) is 30.3 Å². The van der Waals surface area contributed by atoms with Crippen LogP contribution in [0.4, 0.5) is 8.78 Å². The van der Waals surface area contributed by atoms with Crippen molar-refractivity contribution in [3.8, 4) is 5.75 Å². The van der Waals surface area contributed by atoms with Gasteiger partial charge in [-0.05, 0) is 49.9 Å². The van der Waals surface area contributed by atoms with Crippen LogP contribution in [0.1, 0.15) is 46.4 Å². The molecule has 182 valence electrons. The molecule has 7 nitrogen and oxygen atoms in total. The van der Waals surface area contributed by atoms with E-state index < -0.39 is 47.0 Å². The molecule has 0 aromatic heterocycles. The highest BCUT2D eigenvalue weighted by atomic mass is 35.5. The van der Waals surface area contributed by atoms with Crippen LogP contribution in [0.3, 0.4) is 0 Å². The molecule has 1 aliphatic rings. The summed E-state index contributed by atoms with van der Waals surface area (Å²) in [6, 6.07) is 5.92. The Morgan fingerprint density at radius 2 is 1.56 bits per heavy atom. The maximum Gasteiger partial charge on any atom is 0.306 e. The molecule has 2 aromatic rings. The van der Waals surface area contributed by atoms with Gasteiger partial charge in [0.15, 0.2) is 11.6 Å². The van der Waals surface area contributed by atoms with Gasteiger partial charge < -0.3 is 20.5 Å². The third-order valence-corrected chi connectivity index (χ3v) is 6.20. The lowest BCUT2D eigenvalue weighted by Crippen LogP contribution is -2.35. The van der Waals surface area contributed by atoms with Crippen molar-refractivity contribution in [2.75, 3.05) is 13.1 Å². The highest BCUT2D eigenvalue weighted by Gasteiger charge is 2.28. The zero-order chi connectivity index (χ0) is 24.8. The number of carboxylic acid groups (broad SMARTS) is 1. The minimum absolute atomic E-state index is 0.0297. The molecular formula is C23H22Cl2F2N2O5. The number of rotatable bonds is 8. The Bertz CT molecular complexity index is 1090. The molecule has 1 saturated carbocycles. The predicted octanol–water partition coefficient (Wildman–Crippen LogP) is 4.45. The Morgan fingerprint density at radius 1 is 0.912 bits per heavy atom. The highest BCUT2D eigenvalue weighted by Crippen LogP contribution is 2.30. The molecule has 0 heterocycles. The molecule has 0 atom stereocenters. The molecule has 0 unspecified atom stereocenters. The quantitative estimate of drug-likeness (QED) is 0.451. The first kappa shape index (κ1) is 25.7. The third kappa shape index (κ3) is 6.57. The minimum Gasteiger partial charge on any atom is -0.487 e. The second kappa shape index (κ2) is 11.5. The molecule has 34 heavy (non-hydrogen) atoms. The van der Waals surface area contributed by atoms with Crippen molar-refractivity contribution in [2.24, 2.45) is 5.92 Å². The van der Waals surface area contributed by atoms with E-state index in [2.05, 4.69) is 10.6 Å². The van der Waals surface area contributed by atoms with Crippen LogP contribution in [0.2, 0.25) is 10.0 Å². The zero-order valence-corrected chi connectivity index (χ0v) is 19.4. The van der Waals surface area contributed by atoms with Crippen LogP contribution in [0, 0.1) is 17.6 Å². The predicted molar refractivity (Wildman–Crippen MR) is 121 cm³/mol. The van der Waals surface area contributed by atoms with Crippen LogP contribution in [-0.4, -0.2) is 42.1 Å². The highest BCUT2D eigenvalue weighted by molar-refractivity contribution is 6.42. The number of hydrogen-bond donors (Lipinski definition) is 3. The van der Waals surface area contributed by atoms with Gasteiger partial charge in [0.25, 0.3) is 11.8 Å². The summed E-state index contributed by atoms with van der Waals surface area (Å²) >= 11 is 11.7. The summed E-state index contributed by atoms with van der Waals surface area (Å²) in [5.74, 6) is -4.83. The fourth-order valence-electron chi connectivity index (χ4n) is 3.59. The van der Waals surface area contributed by atoms with Crippen molar-refractivity contribution in [2.45, 2.75) is 31.8 Å². The third-order valence-electron chi connectivity index (χ3n) is 5.46. The smallest absolute Gasteiger partial charge is 0.306 e. The number of nitrogens with one attached hydrogen (secondary N) is 2. The maximum absolute atomic E-state index is 14.5. The minimum atomic E-state index is -0.965. The lowest BCUT2D eigenvalue weighted by molar-refractivity contribution is -0.143. The first-order valence-electron chi connectivity index (χ1n) is 10.6. The van der Waals surface area contributed by atoms with Crippen LogP contribution < -0.4 is 15.4 Å². The number of carbonyl (C=O) groups is 3. The number of amides is 2. The van der Waals surface area contributed by atoms with Gasteiger partial charge >= 0.3 is 5.97 Å². The topological polar surface area (TPSA) is 105 Å². The van der Waals surface area contributed by atoms with E-state index in [1.807, 2.05) is 0 Å². The first-order valence-corrected chi connectivity index (χ1v) is 11.3. The van der Waals surface area contributed by atoms with Gasteiger partial charge in [0.1, 0.15) is 5.82 Å². The first-order chi connectivity index (χ1) is 16.2. The van der Waals surface area contributed by atoms with E-state index in [0.717, 1.165) is 12.1 Å². The Balaban J connectivity index is 1.50. The fourth-order valence-corrected chi connectivity index (χ4v) is 3.88. The van der Waals surface area contributed by atoms with Gasteiger partial charge in [-0.1, -0.05) is 23.2 Å². The monoisotopic (exact) mass is 514 g/mol. The standard InChI is InChI=1S/C23H22Cl2F2N2O5/c24-16-6-3-13(9-17(16)25)21(30)28-7-8-29-22(31)15-10-19(27)20(11-18(15)26)34-14-4-1-12(2-5-14)23(32)33/h3,6,9-12,14H,1-2,4-5,7-8H2,(H,28,30)(H,29,31)(H,32,33). The Morgan fingerprint density at radius 3 is 2.18 bits per heavy atom. The van der Waals surface area contributed by atoms with Gasteiger partial charge in [0, 0.05) is 24.7 Å². The van der Waals surface area contributed by atoms with Crippen molar-refractivity contribution in [1.29, 1.82) is 0 Å². The van der Waals surface area contributed by atoms with Crippen molar-refractivity contribution in [3.63, 3.8) is 0 Å². The summed E-state index contributed by atoms with van der Waals surface area (Å²) in [7, 11) is 0. The molecule has 1 aliphatic carbocycles. The summed E-state index contributed by atoms with van der Waals surface area (Å²) in [6.07, 6.45) is 1.18. The number of benzene rings is 2. The summed E-state index contributed by atoms with van der Waals surface area (Å²) < 4.78 is 34.4. The molecule has 11 heteroatoms. The summed E-state index contributed by atoms with van der Waals surface area (Å²) in [6.45, 7) is 0.00710. The zero-order valence-electron chi connectivity index (χ0n) is 17.9. The number of aliphatic carboxylic acids is 1. The summed E-state index contributed by atoms with van der Waals surface area (Å²) in [5, 5.41) is 14.5. The molecule has 0 bridgehead atoms. The largest absolute Gasteiger partial charge is 0.487 e. The van der Waals surface area contributed by atoms with Crippen LogP contribution in [0.5, 0.6) is 5.75 Å². The number of hydrogen-bond acceptors (Lipinski definition) is 4. The number of carbonyl (C=O) groups excluding carboxylic acids is 2. The Hall–Kier alpha value is -2.91. The van der Waals surface area contributed by atoms with Crippen molar-refractivity contribution < 1.29 is 33.0 Å². The summed E-state index contributed by atoms with van der Waals surface area (Å²) in [4.78, 5) is 35.4. The molecule has 1 fully saturated rings. The number of ether oxygens (including phenoxy) is 1. The van der Waals surface area contributed by atoms with Gasteiger partial charge in [-0.25, -0.2) is 8.78 Å². The van der Waals surface area contributed by atoms with Crippen molar-refractivity contribution in [1.82, 2.24) is 10.6 Å². The van der Waals surface area contributed by atoms with E-state index >= 15 is 0 Å². The molecule has 2 aromatic carbocycles. The van der Waals surface area contributed by atoms with Crippen molar-refractivity contribution in [3.05, 3.63) is 63.1 Å². The fraction of sp³-hybridized carbons (Fsp3) is 0.348.